The lowest BCUT2D eigenvalue weighted by molar-refractivity contribution is -0.0781. The number of hydrogen-bond acceptors (Lipinski definition) is 6. The van der Waals surface area contributed by atoms with E-state index >= 15 is 0 Å². The smallest absolute Gasteiger partial charge is 0.203 e. The van der Waals surface area contributed by atoms with Gasteiger partial charge in [0.25, 0.3) is 0 Å². The van der Waals surface area contributed by atoms with E-state index in [0.29, 0.717) is 23.7 Å². The van der Waals surface area contributed by atoms with E-state index in [-0.39, 0.29) is 18.8 Å². The highest BCUT2D eigenvalue weighted by molar-refractivity contribution is 5.60. The summed E-state index contributed by atoms with van der Waals surface area (Å²) in [5.41, 5.74) is 1.97. The third kappa shape index (κ3) is 3.52. The zero-order chi connectivity index (χ0) is 16.8. The van der Waals surface area contributed by atoms with E-state index in [0.717, 1.165) is 24.0 Å². The zero-order valence-electron chi connectivity index (χ0n) is 14.0. The molecule has 1 aromatic rings. The third-order valence-electron chi connectivity index (χ3n) is 4.13. The second-order valence-electron chi connectivity index (χ2n) is 5.38. The normalized spacial score (nSPS) is 20.1. The second-order valence-corrected chi connectivity index (χ2v) is 5.38. The molecule has 2 unspecified atom stereocenters. The Bertz CT molecular complexity index is 581. The van der Waals surface area contributed by atoms with E-state index in [4.69, 9.17) is 23.7 Å². The topological polar surface area (TPSA) is 69.9 Å². The van der Waals surface area contributed by atoms with Crippen molar-refractivity contribution in [2.45, 2.75) is 25.4 Å². The second kappa shape index (κ2) is 8.04. The van der Waals surface area contributed by atoms with E-state index < -0.39 is 0 Å². The van der Waals surface area contributed by atoms with Crippen molar-refractivity contribution in [1.29, 1.82) is 5.26 Å². The van der Waals surface area contributed by atoms with Crippen molar-refractivity contribution in [3.63, 3.8) is 0 Å². The van der Waals surface area contributed by atoms with E-state index in [9.17, 15) is 5.26 Å². The minimum atomic E-state index is -0.245. The van der Waals surface area contributed by atoms with Gasteiger partial charge in [0.05, 0.1) is 33.5 Å². The summed E-state index contributed by atoms with van der Waals surface area (Å²) in [6, 6.07) is 4.27. The number of hydrogen-bond donors (Lipinski definition) is 0. The van der Waals surface area contributed by atoms with Crippen molar-refractivity contribution in [3.8, 4) is 23.3 Å². The van der Waals surface area contributed by atoms with Gasteiger partial charge in [0.15, 0.2) is 11.5 Å². The standard InChI is InChI=1S/C17H23NO5/c1-19-10-23-14-7-11(9-18)5-6-12-13(14)8-15(20-2)17(22-4)16(12)21-3/h8,11,14H,5-7,10H2,1-4H3. The molecule has 0 saturated carbocycles. The monoisotopic (exact) mass is 321 g/mol. The van der Waals surface area contributed by atoms with E-state index in [2.05, 4.69) is 6.07 Å². The van der Waals surface area contributed by atoms with Crippen molar-refractivity contribution in [2.75, 3.05) is 35.2 Å². The Morgan fingerprint density at radius 3 is 2.43 bits per heavy atom. The minimum absolute atomic E-state index is 0.0778. The summed E-state index contributed by atoms with van der Waals surface area (Å²) in [7, 11) is 6.35. The van der Waals surface area contributed by atoms with Crippen LogP contribution in [0.2, 0.25) is 0 Å². The van der Waals surface area contributed by atoms with Crippen molar-refractivity contribution in [1.82, 2.24) is 0 Å². The molecule has 0 saturated heterocycles. The van der Waals surface area contributed by atoms with Gasteiger partial charge in [0.2, 0.25) is 5.75 Å². The van der Waals surface area contributed by atoms with Crippen LogP contribution in [0.5, 0.6) is 17.2 Å². The predicted molar refractivity (Wildman–Crippen MR) is 83.8 cm³/mol. The van der Waals surface area contributed by atoms with Gasteiger partial charge in [0.1, 0.15) is 6.79 Å². The number of ether oxygens (including phenoxy) is 5. The fourth-order valence-corrected chi connectivity index (χ4v) is 3.03. The first-order valence-corrected chi connectivity index (χ1v) is 7.52. The average Bonchev–Trinajstić information content (AvgIpc) is 2.77. The maximum Gasteiger partial charge on any atom is 0.203 e. The Hall–Kier alpha value is -1.97. The third-order valence-corrected chi connectivity index (χ3v) is 4.13. The molecule has 6 nitrogen and oxygen atoms in total. The van der Waals surface area contributed by atoms with Gasteiger partial charge in [0, 0.05) is 18.6 Å². The number of benzene rings is 1. The molecular formula is C17H23NO5. The summed E-state index contributed by atoms with van der Waals surface area (Å²) < 4.78 is 27.3. The van der Waals surface area contributed by atoms with Gasteiger partial charge in [-0.1, -0.05) is 0 Å². The van der Waals surface area contributed by atoms with Crippen molar-refractivity contribution >= 4 is 0 Å². The van der Waals surface area contributed by atoms with Crippen LogP contribution in [0.25, 0.3) is 0 Å². The molecule has 126 valence electrons. The van der Waals surface area contributed by atoms with Crippen LogP contribution in [0, 0.1) is 17.2 Å². The Morgan fingerprint density at radius 2 is 1.87 bits per heavy atom. The summed E-state index contributed by atoms with van der Waals surface area (Å²) in [6.45, 7) is 0.166. The molecule has 0 fully saturated rings. The molecule has 0 N–H and O–H groups in total. The van der Waals surface area contributed by atoms with E-state index in [1.54, 1.807) is 28.4 Å². The van der Waals surface area contributed by atoms with Crippen LogP contribution in [0.4, 0.5) is 0 Å². The molecular weight excluding hydrogens is 298 g/mol. The molecule has 6 heteroatoms. The van der Waals surface area contributed by atoms with Crippen LogP contribution in [0.1, 0.15) is 30.1 Å². The molecule has 0 bridgehead atoms. The molecule has 0 radical (unpaired) electrons. The molecule has 1 aromatic carbocycles. The predicted octanol–water partition coefficient (Wildman–Crippen LogP) is 2.85. The van der Waals surface area contributed by atoms with E-state index in [1.165, 1.54) is 0 Å². The van der Waals surface area contributed by atoms with Gasteiger partial charge >= 0.3 is 0 Å². The Labute approximate surface area is 136 Å². The van der Waals surface area contributed by atoms with Crippen LogP contribution in [0.3, 0.4) is 0 Å². The Morgan fingerprint density at radius 1 is 1.13 bits per heavy atom. The van der Waals surface area contributed by atoms with Crippen LogP contribution in [-0.2, 0) is 15.9 Å². The largest absolute Gasteiger partial charge is 0.493 e. The molecule has 0 aromatic heterocycles. The summed E-state index contributed by atoms with van der Waals surface area (Å²) in [5, 5.41) is 9.35. The summed E-state index contributed by atoms with van der Waals surface area (Å²) in [6.07, 6.45) is 1.85. The van der Waals surface area contributed by atoms with E-state index in [1.807, 2.05) is 6.07 Å². The zero-order valence-corrected chi connectivity index (χ0v) is 14.0. The Balaban J connectivity index is 2.56. The molecule has 1 aliphatic carbocycles. The van der Waals surface area contributed by atoms with Crippen molar-refractivity contribution in [2.24, 2.45) is 5.92 Å². The van der Waals surface area contributed by atoms with Crippen molar-refractivity contribution < 1.29 is 23.7 Å². The maximum atomic E-state index is 9.35. The first-order chi connectivity index (χ1) is 11.2. The minimum Gasteiger partial charge on any atom is -0.493 e. The van der Waals surface area contributed by atoms with Crippen LogP contribution in [-0.4, -0.2) is 35.2 Å². The van der Waals surface area contributed by atoms with Crippen LogP contribution < -0.4 is 14.2 Å². The van der Waals surface area contributed by atoms with Crippen LogP contribution in [0.15, 0.2) is 6.07 Å². The first kappa shape index (κ1) is 17.4. The van der Waals surface area contributed by atoms with Gasteiger partial charge in [-0.2, -0.15) is 5.26 Å². The SMILES string of the molecule is COCOC1CC(C#N)CCc2c1cc(OC)c(OC)c2OC. The lowest BCUT2D eigenvalue weighted by Crippen LogP contribution is -2.11. The summed E-state index contributed by atoms with van der Waals surface area (Å²) >= 11 is 0. The average molecular weight is 321 g/mol. The molecule has 2 rings (SSSR count). The summed E-state index contributed by atoms with van der Waals surface area (Å²) in [4.78, 5) is 0. The highest BCUT2D eigenvalue weighted by atomic mass is 16.7. The fraction of sp³-hybridized carbons (Fsp3) is 0.588. The number of fused-ring (bicyclic) bond motifs is 1. The quantitative estimate of drug-likeness (QED) is 0.593. The molecule has 2 atom stereocenters. The highest BCUT2D eigenvalue weighted by Gasteiger charge is 2.30. The number of nitrogens with zero attached hydrogens (tertiary/aromatic N) is 1. The number of methoxy groups -OCH3 is 4. The van der Waals surface area contributed by atoms with Gasteiger partial charge in [-0.15, -0.1) is 0 Å². The van der Waals surface area contributed by atoms with Gasteiger partial charge < -0.3 is 23.7 Å². The molecule has 0 spiro atoms. The number of nitriles is 1. The first-order valence-electron chi connectivity index (χ1n) is 7.52. The summed E-state index contributed by atoms with van der Waals surface area (Å²) in [5.74, 6) is 1.72. The van der Waals surface area contributed by atoms with Crippen molar-refractivity contribution in [3.05, 3.63) is 17.2 Å². The maximum absolute atomic E-state index is 9.35. The highest BCUT2D eigenvalue weighted by Crippen LogP contribution is 2.47. The van der Waals surface area contributed by atoms with Gasteiger partial charge in [-0.25, -0.2) is 0 Å². The lowest BCUT2D eigenvalue weighted by Gasteiger charge is -2.23. The van der Waals surface area contributed by atoms with Gasteiger partial charge in [-0.3, -0.25) is 0 Å². The molecule has 1 aliphatic rings. The fourth-order valence-electron chi connectivity index (χ4n) is 3.03. The molecule has 0 amide bonds. The van der Waals surface area contributed by atoms with Gasteiger partial charge in [-0.05, 0) is 30.9 Å². The molecule has 23 heavy (non-hydrogen) atoms. The molecule has 0 heterocycles. The number of rotatable bonds is 6. The lowest BCUT2D eigenvalue weighted by atomic mass is 9.98. The molecule has 0 aliphatic heterocycles. The Kier molecular flexibility index (Phi) is 6.08. The van der Waals surface area contributed by atoms with Crippen LogP contribution >= 0.6 is 0 Å².